The van der Waals surface area contributed by atoms with Crippen LogP contribution < -0.4 is 20.7 Å². The van der Waals surface area contributed by atoms with Crippen molar-refractivity contribution in [1.29, 1.82) is 0 Å². The van der Waals surface area contributed by atoms with Gasteiger partial charge in [-0.25, -0.2) is 0 Å². The van der Waals surface area contributed by atoms with E-state index in [0.29, 0.717) is 31.6 Å². The maximum Gasteiger partial charge on any atom is 0.323 e. The number of hydrogen-bond acceptors (Lipinski definition) is 7. The van der Waals surface area contributed by atoms with Gasteiger partial charge in [0.05, 0.1) is 6.61 Å². The third kappa shape index (κ3) is 5.80. The summed E-state index contributed by atoms with van der Waals surface area (Å²) in [5, 5.41) is 8.77. The Morgan fingerprint density at radius 2 is 1.90 bits per heavy atom. The second-order valence-corrected chi connectivity index (χ2v) is 4.39. The van der Waals surface area contributed by atoms with Gasteiger partial charge in [-0.1, -0.05) is 6.92 Å². The van der Waals surface area contributed by atoms with Crippen LogP contribution in [0, 0.1) is 0 Å². The summed E-state index contributed by atoms with van der Waals surface area (Å²) < 4.78 is 5.30. The van der Waals surface area contributed by atoms with Gasteiger partial charge in [-0.15, -0.1) is 0 Å². The molecule has 8 nitrogen and oxygen atoms in total. The largest absolute Gasteiger partial charge is 0.464 e. The number of carbonyl (C=O) groups excluding carboxylic acids is 1. The van der Waals surface area contributed by atoms with Crippen molar-refractivity contribution in [2.24, 2.45) is 0 Å². The zero-order valence-corrected chi connectivity index (χ0v) is 13.1. The molecule has 0 aliphatic carbocycles. The molecular formula is C13H24N6O2. The third-order valence-corrected chi connectivity index (χ3v) is 2.51. The van der Waals surface area contributed by atoms with Crippen LogP contribution in [-0.4, -0.2) is 46.6 Å². The van der Waals surface area contributed by atoms with Gasteiger partial charge in [-0.2, -0.15) is 15.0 Å². The number of amides is 1. The van der Waals surface area contributed by atoms with Crippen molar-refractivity contribution in [3.63, 3.8) is 0 Å². The van der Waals surface area contributed by atoms with Crippen LogP contribution in [0.15, 0.2) is 0 Å². The van der Waals surface area contributed by atoms with Gasteiger partial charge >= 0.3 is 6.01 Å². The smallest absolute Gasteiger partial charge is 0.323 e. The van der Waals surface area contributed by atoms with E-state index in [1.807, 2.05) is 20.8 Å². The molecule has 0 spiro atoms. The summed E-state index contributed by atoms with van der Waals surface area (Å²) in [6.45, 7) is 9.34. The molecule has 0 bridgehead atoms. The lowest BCUT2D eigenvalue weighted by atomic mass is 10.3. The monoisotopic (exact) mass is 296 g/mol. The molecule has 0 aromatic carbocycles. The fourth-order valence-corrected chi connectivity index (χ4v) is 1.51. The third-order valence-electron chi connectivity index (χ3n) is 2.51. The van der Waals surface area contributed by atoms with Crippen LogP contribution in [0.4, 0.5) is 11.9 Å². The van der Waals surface area contributed by atoms with Gasteiger partial charge in [-0.05, 0) is 27.2 Å². The van der Waals surface area contributed by atoms with E-state index < -0.39 is 6.04 Å². The van der Waals surface area contributed by atoms with Crippen LogP contribution >= 0.6 is 0 Å². The zero-order valence-electron chi connectivity index (χ0n) is 13.1. The highest BCUT2D eigenvalue weighted by molar-refractivity contribution is 5.83. The summed E-state index contributed by atoms with van der Waals surface area (Å²) in [6, 6.07) is -0.213. The fourth-order valence-electron chi connectivity index (χ4n) is 1.51. The van der Waals surface area contributed by atoms with Crippen LogP contribution in [0.1, 0.15) is 34.1 Å². The number of rotatable bonds is 9. The molecule has 1 aromatic heterocycles. The molecule has 1 heterocycles. The van der Waals surface area contributed by atoms with E-state index in [2.05, 4.69) is 30.9 Å². The zero-order chi connectivity index (χ0) is 15.7. The van der Waals surface area contributed by atoms with Crippen LogP contribution in [0.3, 0.4) is 0 Å². The van der Waals surface area contributed by atoms with Crippen LogP contribution in [-0.2, 0) is 4.79 Å². The number of anilines is 2. The molecule has 0 aliphatic heterocycles. The summed E-state index contributed by atoms with van der Waals surface area (Å²) in [5.74, 6) is 0.628. The van der Waals surface area contributed by atoms with Crippen LogP contribution in [0.5, 0.6) is 6.01 Å². The highest BCUT2D eigenvalue weighted by Crippen LogP contribution is 2.12. The minimum atomic E-state index is -0.442. The van der Waals surface area contributed by atoms with Crippen molar-refractivity contribution in [3.05, 3.63) is 0 Å². The number of ether oxygens (including phenoxy) is 1. The Bertz CT molecular complexity index is 430. The van der Waals surface area contributed by atoms with Crippen molar-refractivity contribution in [3.8, 4) is 6.01 Å². The molecule has 1 unspecified atom stereocenters. The molecule has 1 amide bonds. The highest BCUT2D eigenvalue weighted by atomic mass is 16.5. The minimum Gasteiger partial charge on any atom is -0.464 e. The van der Waals surface area contributed by atoms with Gasteiger partial charge in [0.2, 0.25) is 17.8 Å². The summed E-state index contributed by atoms with van der Waals surface area (Å²) >= 11 is 0. The van der Waals surface area contributed by atoms with Gasteiger partial charge in [0.15, 0.2) is 0 Å². The molecule has 8 heteroatoms. The first kappa shape index (κ1) is 16.9. The summed E-state index contributed by atoms with van der Waals surface area (Å²) in [7, 11) is 0. The predicted octanol–water partition coefficient (Wildman–Crippen LogP) is 1.03. The Kier molecular flexibility index (Phi) is 7.20. The maximum absolute atomic E-state index is 11.8. The Labute approximate surface area is 125 Å². The number of aromatic nitrogens is 3. The van der Waals surface area contributed by atoms with E-state index in [0.717, 1.165) is 6.42 Å². The number of hydrogen-bond donors (Lipinski definition) is 3. The first-order valence-corrected chi connectivity index (χ1v) is 7.27. The molecule has 0 radical (unpaired) electrons. The number of nitrogens with one attached hydrogen (secondary N) is 3. The quantitative estimate of drug-likeness (QED) is 0.625. The Hall–Kier alpha value is -2.12. The Morgan fingerprint density at radius 1 is 1.19 bits per heavy atom. The fraction of sp³-hybridized carbons (Fsp3) is 0.692. The van der Waals surface area contributed by atoms with Crippen molar-refractivity contribution in [2.75, 3.05) is 30.3 Å². The number of nitrogens with zero attached hydrogens (tertiary/aromatic N) is 3. The molecule has 21 heavy (non-hydrogen) atoms. The van der Waals surface area contributed by atoms with Crippen molar-refractivity contribution in [1.82, 2.24) is 20.3 Å². The summed E-state index contributed by atoms with van der Waals surface area (Å²) in [4.78, 5) is 24.3. The molecule has 0 saturated heterocycles. The molecule has 0 fully saturated rings. The van der Waals surface area contributed by atoms with E-state index in [4.69, 9.17) is 4.74 Å². The van der Waals surface area contributed by atoms with Gasteiger partial charge in [-0.3, -0.25) is 4.79 Å². The van der Waals surface area contributed by atoms with Crippen molar-refractivity contribution >= 4 is 17.8 Å². The van der Waals surface area contributed by atoms with E-state index in [1.165, 1.54) is 0 Å². The molecule has 118 valence electrons. The average molecular weight is 296 g/mol. The second kappa shape index (κ2) is 8.93. The molecule has 1 aromatic rings. The normalized spacial score (nSPS) is 11.6. The van der Waals surface area contributed by atoms with E-state index >= 15 is 0 Å². The molecule has 3 N–H and O–H groups in total. The van der Waals surface area contributed by atoms with Gasteiger partial charge in [0.25, 0.3) is 0 Å². The SMILES string of the molecule is CCCNC(=O)C(C)Nc1nc(NCC)nc(OCC)n1. The lowest BCUT2D eigenvalue weighted by Gasteiger charge is -2.14. The highest BCUT2D eigenvalue weighted by Gasteiger charge is 2.15. The summed E-state index contributed by atoms with van der Waals surface area (Å²) in [6.07, 6.45) is 0.892. The van der Waals surface area contributed by atoms with Gasteiger partial charge in [0, 0.05) is 13.1 Å². The van der Waals surface area contributed by atoms with E-state index in [9.17, 15) is 4.79 Å². The molecule has 0 aliphatic rings. The molecular weight excluding hydrogens is 272 g/mol. The minimum absolute atomic E-state index is 0.0970. The summed E-state index contributed by atoms with van der Waals surface area (Å²) in [5.41, 5.74) is 0. The van der Waals surface area contributed by atoms with Crippen molar-refractivity contribution in [2.45, 2.75) is 40.2 Å². The van der Waals surface area contributed by atoms with Crippen LogP contribution in [0.25, 0.3) is 0 Å². The number of carbonyl (C=O) groups is 1. The average Bonchev–Trinajstić information content (AvgIpc) is 2.45. The Balaban J connectivity index is 2.78. The second-order valence-electron chi connectivity index (χ2n) is 4.39. The van der Waals surface area contributed by atoms with E-state index in [1.54, 1.807) is 6.92 Å². The maximum atomic E-state index is 11.8. The molecule has 1 rings (SSSR count). The molecule has 0 saturated carbocycles. The van der Waals surface area contributed by atoms with E-state index in [-0.39, 0.29) is 11.9 Å². The van der Waals surface area contributed by atoms with Gasteiger partial charge < -0.3 is 20.7 Å². The molecule has 1 atom stereocenters. The van der Waals surface area contributed by atoms with Gasteiger partial charge in [0.1, 0.15) is 6.04 Å². The predicted molar refractivity (Wildman–Crippen MR) is 81.5 cm³/mol. The topological polar surface area (TPSA) is 101 Å². The first-order valence-electron chi connectivity index (χ1n) is 7.27. The lowest BCUT2D eigenvalue weighted by Crippen LogP contribution is -2.38. The van der Waals surface area contributed by atoms with Crippen LogP contribution in [0.2, 0.25) is 0 Å². The lowest BCUT2D eigenvalue weighted by molar-refractivity contribution is -0.121. The Morgan fingerprint density at radius 3 is 2.52 bits per heavy atom. The standard InChI is InChI=1S/C13H24N6O2/c1-5-8-15-10(20)9(4)16-12-17-11(14-6-2)18-13(19-12)21-7-3/h9H,5-8H2,1-4H3,(H,15,20)(H2,14,16,17,18,19). The van der Waals surface area contributed by atoms with Crippen molar-refractivity contribution < 1.29 is 9.53 Å². The first-order chi connectivity index (χ1) is 10.1.